The molecular weight excluding hydrogens is 350 g/mol. The highest BCUT2D eigenvalue weighted by Gasteiger charge is 2.23. The Kier molecular flexibility index (Phi) is 4.41. The van der Waals surface area contributed by atoms with Crippen molar-refractivity contribution in [1.82, 2.24) is 15.0 Å². The van der Waals surface area contributed by atoms with E-state index in [1.165, 1.54) is 0 Å². The largest absolute Gasteiger partial charge is 0.377 e. The fourth-order valence-corrected chi connectivity index (χ4v) is 3.30. The molecule has 3 heterocycles. The summed E-state index contributed by atoms with van der Waals surface area (Å²) in [6.45, 7) is 4.14. The van der Waals surface area contributed by atoms with Crippen molar-refractivity contribution in [1.29, 1.82) is 5.26 Å². The van der Waals surface area contributed by atoms with Gasteiger partial charge in [-0.15, -0.1) is 0 Å². The highest BCUT2D eigenvalue weighted by molar-refractivity contribution is 6.28. The van der Waals surface area contributed by atoms with Gasteiger partial charge in [-0.2, -0.15) is 15.2 Å². The molecule has 1 saturated heterocycles. The van der Waals surface area contributed by atoms with Crippen molar-refractivity contribution < 1.29 is 4.74 Å². The Morgan fingerprint density at radius 2 is 2.12 bits per heavy atom. The van der Waals surface area contributed by atoms with Crippen LogP contribution in [-0.4, -0.2) is 40.8 Å². The van der Waals surface area contributed by atoms with E-state index in [0.717, 1.165) is 29.0 Å². The van der Waals surface area contributed by atoms with Crippen LogP contribution in [0.4, 0.5) is 5.82 Å². The van der Waals surface area contributed by atoms with Gasteiger partial charge in [-0.3, -0.25) is 0 Å². The van der Waals surface area contributed by atoms with Crippen LogP contribution in [0.15, 0.2) is 36.4 Å². The number of pyridine rings is 1. The highest BCUT2D eigenvalue weighted by atomic mass is 35.5. The molecule has 0 N–H and O–H groups in total. The molecule has 6 nitrogen and oxygen atoms in total. The first-order chi connectivity index (χ1) is 12.7. The van der Waals surface area contributed by atoms with Crippen LogP contribution in [0.2, 0.25) is 5.28 Å². The topological polar surface area (TPSA) is 74.9 Å². The lowest BCUT2D eigenvalue weighted by Gasteiger charge is -2.34. The minimum Gasteiger partial charge on any atom is -0.377 e. The van der Waals surface area contributed by atoms with Gasteiger partial charge in [-0.05, 0) is 42.8 Å². The molecule has 2 aromatic heterocycles. The summed E-state index contributed by atoms with van der Waals surface area (Å²) in [5.41, 5.74) is 2.74. The van der Waals surface area contributed by atoms with Crippen LogP contribution in [0.3, 0.4) is 0 Å². The molecule has 0 bridgehead atoms. The molecule has 0 amide bonds. The van der Waals surface area contributed by atoms with Gasteiger partial charge in [0.25, 0.3) is 0 Å². The lowest BCUT2D eigenvalue weighted by Crippen LogP contribution is -2.44. The molecule has 1 unspecified atom stereocenters. The summed E-state index contributed by atoms with van der Waals surface area (Å²) in [5, 5.41) is 10.1. The summed E-state index contributed by atoms with van der Waals surface area (Å²) in [4.78, 5) is 15.6. The van der Waals surface area contributed by atoms with Crippen molar-refractivity contribution in [3.05, 3.63) is 47.2 Å². The molecule has 1 fully saturated rings. The second-order valence-electron chi connectivity index (χ2n) is 6.19. The van der Waals surface area contributed by atoms with E-state index in [2.05, 4.69) is 32.8 Å². The fraction of sp³-hybridized carbons (Fsp3) is 0.263. The zero-order valence-corrected chi connectivity index (χ0v) is 14.9. The number of aromatic nitrogens is 3. The van der Waals surface area contributed by atoms with Gasteiger partial charge in [-0.25, -0.2) is 4.98 Å². The number of hydrogen-bond acceptors (Lipinski definition) is 6. The van der Waals surface area contributed by atoms with Crippen molar-refractivity contribution in [2.75, 3.05) is 24.7 Å². The number of anilines is 1. The summed E-state index contributed by atoms with van der Waals surface area (Å²) < 4.78 is 5.51. The van der Waals surface area contributed by atoms with Crippen LogP contribution in [0.25, 0.3) is 22.3 Å². The molecule has 3 aromatic rings. The van der Waals surface area contributed by atoms with Gasteiger partial charge in [-0.1, -0.05) is 12.1 Å². The molecular formula is C19H16ClN5O. The number of benzene rings is 1. The van der Waals surface area contributed by atoms with E-state index in [0.29, 0.717) is 24.4 Å². The first kappa shape index (κ1) is 16.7. The molecule has 1 atom stereocenters. The minimum absolute atomic E-state index is 0.168. The summed E-state index contributed by atoms with van der Waals surface area (Å²) >= 11 is 6.17. The molecule has 4 rings (SSSR count). The Bertz CT molecular complexity index is 1020. The van der Waals surface area contributed by atoms with Crippen LogP contribution in [0, 0.1) is 11.3 Å². The maximum atomic E-state index is 9.10. The minimum atomic E-state index is 0.168. The van der Waals surface area contributed by atoms with Gasteiger partial charge in [0.2, 0.25) is 5.28 Å². The Balaban J connectivity index is 1.83. The van der Waals surface area contributed by atoms with Crippen LogP contribution in [0.1, 0.15) is 12.5 Å². The number of hydrogen-bond donors (Lipinski definition) is 0. The van der Waals surface area contributed by atoms with E-state index >= 15 is 0 Å². The third kappa shape index (κ3) is 3.07. The quantitative estimate of drug-likeness (QED) is 0.647. The Morgan fingerprint density at radius 3 is 2.92 bits per heavy atom. The van der Waals surface area contributed by atoms with Crippen molar-refractivity contribution >= 4 is 28.5 Å². The smallest absolute Gasteiger partial charge is 0.226 e. The third-order valence-corrected chi connectivity index (χ3v) is 4.61. The van der Waals surface area contributed by atoms with Gasteiger partial charge in [0.1, 0.15) is 5.82 Å². The van der Waals surface area contributed by atoms with Gasteiger partial charge >= 0.3 is 0 Å². The fourth-order valence-electron chi connectivity index (χ4n) is 3.14. The standard InChI is InChI=1S/C19H16ClN5O/c1-12-11-26-8-7-25(12)18-15-5-6-16(22-17(15)23-19(20)24-18)14-4-2-3-13(9-14)10-21/h2-6,9,12H,7-8,11H2,1H3. The van der Waals surface area contributed by atoms with E-state index < -0.39 is 0 Å². The van der Waals surface area contributed by atoms with E-state index in [1.807, 2.05) is 30.3 Å². The SMILES string of the molecule is CC1COCCN1c1nc(Cl)nc2nc(-c3cccc(C#N)c3)ccc12. The van der Waals surface area contributed by atoms with Crippen LogP contribution in [-0.2, 0) is 4.74 Å². The van der Waals surface area contributed by atoms with E-state index in [4.69, 9.17) is 21.6 Å². The molecule has 0 radical (unpaired) electrons. The third-order valence-electron chi connectivity index (χ3n) is 4.44. The van der Waals surface area contributed by atoms with Crippen LogP contribution in [0.5, 0.6) is 0 Å². The molecule has 0 spiro atoms. The first-order valence-corrected chi connectivity index (χ1v) is 8.73. The van der Waals surface area contributed by atoms with Crippen molar-refractivity contribution in [2.24, 2.45) is 0 Å². The number of halogens is 1. The summed E-state index contributed by atoms with van der Waals surface area (Å²) in [5.74, 6) is 0.778. The predicted octanol–water partition coefficient (Wildman–Crippen LogP) is 3.44. The van der Waals surface area contributed by atoms with Crippen molar-refractivity contribution in [3.8, 4) is 17.3 Å². The second-order valence-corrected chi connectivity index (χ2v) is 6.53. The van der Waals surface area contributed by atoms with Gasteiger partial charge in [0.05, 0.1) is 42.0 Å². The molecule has 0 aliphatic carbocycles. The number of morpholine rings is 1. The second kappa shape index (κ2) is 6.87. The van der Waals surface area contributed by atoms with Gasteiger partial charge in [0, 0.05) is 12.1 Å². The molecule has 1 aromatic carbocycles. The molecule has 1 aliphatic rings. The molecule has 0 saturated carbocycles. The van der Waals surface area contributed by atoms with E-state index in [1.54, 1.807) is 6.07 Å². The van der Waals surface area contributed by atoms with Crippen LogP contribution < -0.4 is 4.90 Å². The van der Waals surface area contributed by atoms with E-state index in [9.17, 15) is 0 Å². The zero-order valence-electron chi connectivity index (χ0n) is 14.2. The van der Waals surface area contributed by atoms with Crippen molar-refractivity contribution in [3.63, 3.8) is 0 Å². The molecule has 7 heteroatoms. The summed E-state index contributed by atoms with van der Waals surface area (Å²) in [6, 6.07) is 13.6. The zero-order chi connectivity index (χ0) is 18.1. The molecule has 26 heavy (non-hydrogen) atoms. The van der Waals surface area contributed by atoms with Gasteiger partial charge < -0.3 is 9.64 Å². The number of nitrogens with zero attached hydrogens (tertiary/aromatic N) is 5. The van der Waals surface area contributed by atoms with Crippen molar-refractivity contribution in [2.45, 2.75) is 13.0 Å². The lowest BCUT2D eigenvalue weighted by atomic mass is 10.1. The average Bonchev–Trinajstić information content (AvgIpc) is 2.67. The maximum Gasteiger partial charge on any atom is 0.226 e. The van der Waals surface area contributed by atoms with Crippen LogP contribution >= 0.6 is 11.6 Å². The monoisotopic (exact) mass is 365 g/mol. The average molecular weight is 366 g/mol. The Labute approximate surface area is 156 Å². The summed E-state index contributed by atoms with van der Waals surface area (Å²) in [7, 11) is 0. The first-order valence-electron chi connectivity index (χ1n) is 8.35. The normalized spacial score (nSPS) is 17.3. The number of ether oxygens (including phenoxy) is 1. The highest BCUT2D eigenvalue weighted by Crippen LogP contribution is 2.29. The Hall–Kier alpha value is -2.75. The van der Waals surface area contributed by atoms with E-state index in [-0.39, 0.29) is 11.3 Å². The Morgan fingerprint density at radius 1 is 1.23 bits per heavy atom. The van der Waals surface area contributed by atoms with Gasteiger partial charge in [0.15, 0.2) is 5.65 Å². The predicted molar refractivity (Wildman–Crippen MR) is 100 cm³/mol. The number of nitriles is 1. The molecule has 130 valence electrons. The summed E-state index contributed by atoms with van der Waals surface area (Å²) in [6.07, 6.45) is 0. The number of rotatable bonds is 2. The lowest BCUT2D eigenvalue weighted by molar-refractivity contribution is 0.0987. The number of fused-ring (bicyclic) bond motifs is 1. The molecule has 1 aliphatic heterocycles. The maximum absolute atomic E-state index is 9.10.